The van der Waals surface area contributed by atoms with Gasteiger partial charge in [0.25, 0.3) is 0 Å². The zero-order valence-corrected chi connectivity index (χ0v) is 11.1. The van der Waals surface area contributed by atoms with E-state index in [1.165, 1.54) is 25.5 Å². The van der Waals surface area contributed by atoms with Crippen LogP contribution in [-0.4, -0.2) is 17.1 Å². The molecule has 0 bridgehead atoms. The van der Waals surface area contributed by atoms with E-state index in [1.807, 2.05) is 0 Å². The molecule has 2 N–H and O–H groups in total. The number of halogens is 2. The van der Waals surface area contributed by atoms with E-state index in [0.29, 0.717) is 22.5 Å². The van der Waals surface area contributed by atoms with E-state index in [-0.39, 0.29) is 5.54 Å². The highest BCUT2D eigenvalue weighted by atomic mass is 35.5. The minimum absolute atomic E-state index is 0.233. The quantitative estimate of drug-likeness (QED) is 0.919. The molecule has 0 atom stereocenters. The van der Waals surface area contributed by atoms with Crippen LogP contribution in [0.3, 0.4) is 0 Å². The molecule has 1 saturated carbocycles. The topological polar surface area (TPSA) is 48.1 Å². The molecular formula is C12H16Cl2N2O. The molecule has 0 saturated heterocycles. The molecule has 0 spiro atoms. The Hall–Kier alpha value is -0.510. The van der Waals surface area contributed by atoms with Crippen LogP contribution >= 0.6 is 23.2 Å². The predicted octanol–water partition coefficient (Wildman–Crippen LogP) is 3.43. The van der Waals surface area contributed by atoms with Crippen molar-refractivity contribution in [2.75, 3.05) is 6.61 Å². The van der Waals surface area contributed by atoms with Crippen molar-refractivity contribution >= 4 is 23.2 Å². The fourth-order valence-electron chi connectivity index (χ4n) is 2.12. The van der Waals surface area contributed by atoms with Gasteiger partial charge in [-0.1, -0.05) is 42.5 Å². The third kappa shape index (κ3) is 3.47. The summed E-state index contributed by atoms with van der Waals surface area (Å²) in [5, 5.41) is 0.930. The van der Waals surface area contributed by atoms with Crippen LogP contribution in [0.5, 0.6) is 5.88 Å². The van der Waals surface area contributed by atoms with E-state index < -0.39 is 0 Å². The molecule has 0 radical (unpaired) electrons. The Labute approximate surface area is 111 Å². The summed E-state index contributed by atoms with van der Waals surface area (Å²) in [6, 6.07) is 1.62. The molecule has 2 rings (SSSR count). The molecule has 17 heavy (non-hydrogen) atoms. The fraction of sp³-hybridized carbons (Fsp3) is 0.583. The van der Waals surface area contributed by atoms with E-state index >= 15 is 0 Å². The molecule has 0 aliphatic heterocycles. The molecule has 0 unspecified atom stereocenters. The van der Waals surface area contributed by atoms with E-state index in [9.17, 15) is 0 Å². The molecule has 0 amide bonds. The van der Waals surface area contributed by atoms with Crippen molar-refractivity contribution in [1.29, 1.82) is 0 Å². The first-order valence-corrected chi connectivity index (χ1v) is 6.57. The molecule has 1 heterocycles. The second-order valence-corrected chi connectivity index (χ2v) is 5.50. The number of nitrogens with zero attached hydrogens (tertiary/aromatic N) is 1. The van der Waals surface area contributed by atoms with Crippen LogP contribution in [0.15, 0.2) is 12.3 Å². The Morgan fingerprint density at radius 2 is 2.00 bits per heavy atom. The van der Waals surface area contributed by atoms with E-state index in [0.717, 1.165) is 12.8 Å². The highest BCUT2D eigenvalue weighted by Crippen LogP contribution is 2.29. The lowest BCUT2D eigenvalue weighted by molar-refractivity contribution is 0.169. The van der Waals surface area contributed by atoms with Crippen LogP contribution in [0.4, 0.5) is 0 Å². The van der Waals surface area contributed by atoms with Gasteiger partial charge in [-0.05, 0) is 18.9 Å². The second-order valence-electron chi connectivity index (χ2n) is 4.65. The summed E-state index contributed by atoms with van der Waals surface area (Å²) in [5.41, 5.74) is 6.03. The number of nitrogens with two attached hydrogens (primary N) is 1. The number of ether oxygens (including phenoxy) is 1. The SMILES string of the molecule is NC1(COc2ncc(Cl)cc2Cl)CCCCC1. The summed E-state index contributed by atoms with van der Waals surface area (Å²) < 4.78 is 5.61. The van der Waals surface area contributed by atoms with Gasteiger partial charge in [0.1, 0.15) is 11.6 Å². The van der Waals surface area contributed by atoms with Gasteiger partial charge in [-0.15, -0.1) is 0 Å². The minimum Gasteiger partial charge on any atom is -0.475 e. The van der Waals surface area contributed by atoms with Crippen molar-refractivity contribution in [3.8, 4) is 5.88 Å². The average molecular weight is 275 g/mol. The maximum atomic E-state index is 6.26. The summed E-state index contributed by atoms with van der Waals surface area (Å²) in [6.45, 7) is 0.460. The Morgan fingerprint density at radius 3 is 2.65 bits per heavy atom. The second kappa shape index (κ2) is 5.42. The summed E-state index contributed by atoms with van der Waals surface area (Å²) in [4.78, 5) is 4.05. The van der Waals surface area contributed by atoms with Crippen LogP contribution < -0.4 is 10.5 Å². The summed E-state index contributed by atoms with van der Waals surface area (Å²) in [6.07, 6.45) is 7.12. The first-order chi connectivity index (χ1) is 8.09. The predicted molar refractivity (Wildman–Crippen MR) is 69.8 cm³/mol. The van der Waals surface area contributed by atoms with Gasteiger partial charge in [0, 0.05) is 6.20 Å². The van der Waals surface area contributed by atoms with Crippen molar-refractivity contribution < 1.29 is 4.74 Å². The molecule has 1 aliphatic carbocycles. The largest absolute Gasteiger partial charge is 0.475 e. The number of rotatable bonds is 3. The summed E-state index contributed by atoms with van der Waals surface area (Å²) in [5.74, 6) is 0.409. The number of aromatic nitrogens is 1. The van der Waals surface area contributed by atoms with Gasteiger partial charge in [0.15, 0.2) is 0 Å². The third-order valence-corrected chi connectivity index (χ3v) is 3.60. The Kier molecular flexibility index (Phi) is 4.13. The first-order valence-electron chi connectivity index (χ1n) is 5.82. The zero-order valence-electron chi connectivity index (χ0n) is 9.59. The first kappa shape index (κ1) is 12.9. The molecule has 5 heteroatoms. The van der Waals surface area contributed by atoms with Gasteiger partial charge < -0.3 is 10.5 Å². The van der Waals surface area contributed by atoms with E-state index in [2.05, 4.69) is 4.98 Å². The zero-order chi connectivity index (χ0) is 12.3. The van der Waals surface area contributed by atoms with Crippen LogP contribution in [0.25, 0.3) is 0 Å². The van der Waals surface area contributed by atoms with Gasteiger partial charge in [0.05, 0.1) is 10.6 Å². The number of pyridine rings is 1. The van der Waals surface area contributed by atoms with Crippen molar-refractivity contribution in [3.63, 3.8) is 0 Å². The lowest BCUT2D eigenvalue weighted by Crippen LogP contribution is -2.47. The van der Waals surface area contributed by atoms with Gasteiger partial charge in [0.2, 0.25) is 5.88 Å². The van der Waals surface area contributed by atoms with Crippen molar-refractivity contribution in [2.45, 2.75) is 37.6 Å². The maximum absolute atomic E-state index is 6.26. The molecule has 1 fully saturated rings. The normalized spacial score (nSPS) is 19.0. The van der Waals surface area contributed by atoms with E-state index in [1.54, 1.807) is 6.07 Å². The van der Waals surface area contributed by atoms with Crippen LogP contribution in [0, 0.1) is 0 Å². The molecule has 3 nitrogen and oxygen atoms in total. The lowest BCUT2D eigenvalue weighted by Gasteiger charge is -2.32. The van der Waals surface area contributed by atoms with Gasteiger partial charge in [-0.2, -0.15) is 0 Å². The smallest absolute Gasteiger partial charge is 0.232 e. The summed E-state index contributed by atoms with van der Waals surface area (Å²) in [7, 11) is 0. The van der Waals surface area contributed by atoms with Gasteiger partial charge in [-0.25, -0.2) is 4.98 Å². The van der Waals surface area contributed by atoms with Crippen molar-refractivity contribution in [2.24, 2.45) is 5.73 Å². The molecule has 1 aliphatic rings. The standard InChI is InChI=1S/C12H16Cl2N2O/c13-9-6-10(14)11(16-7-9)17-8-12(15)4-2-1-3-5-12/h6-7H,1-5,8,15H2. The lowest BCUT2D eigenvalue weighted by atomic mass is 9.83. The molecule has 94 valence electrons. The van der Waals surface area contributed by atoms with Crippen LogP contribution in [0.2, 0.25) is 10.0 Å². The highest BCUT2D eigenvalue weighted by Gasteiger charge is 2.28. The molecule has 1 aromatic rings. The Balaban J connectivity index is 1.97. The van der Waals surface area contributed by atoms with E-state index in [4.69, 9.17) is 33.7 Å². The average Bonchev–Trinajstić information content (AvgIpc) is 2.29. The van der Waals surface area contributed by atoms with Crippen LogP contribution in [-0.2, 0) is 0 Å². The monoisotopic (exact) mass is 274 g/mol. The minimum atomic E-state index is -0.233. The molecule has 1 aromatic heterocycles. The maximum Gasteiger partial charge on any atom is 0.232 e. The molecule has 0 aromatic carbocycles. The number of hydrogen-bond donors (Lipinski definition) is 1. The Morgan fingerprint density at radius 1 is 1.29 bits per heavy atom. The number of hydrogen-bond acceptors (Lipinski definition) is 3. The third-order valence-electron chi connectivity index (χ3n) is 3.12. The fourth-order valence-corrected chi connectivity index (χ4v) is 2.56. The van der Waals surface area contributed by atoms with Gasteiger partial charge >= 0.3 is 0 Å². The highest BCUT2D eigenvalue weighted by molar-refractivity contribution is 6.35. The Bertz CT molecular complexity index is 392. The van der Waals surface area contributed by atoms with Crippen LogP contribution in [0.1, 0.15) is 32.1 Å². The van der Waals surface area contributed by atoms with Crippen molar-refractivity contribution in [1.82, 2.24) is 4.98 Å². The summed E-state index contributed by atoms with van der Waals surface area (Å²) >= 11 is 11.7. The molecular weight excluding hydrogens is 259 g/mol. The van der Waals surface area contributed by atoms with Crippen molar-refractivity contribution in [3.05, 3.63) is 22.3 Å². The van der Waals surface area contributed by atoms with Gasteiger partial charge in [-0.3, -0.25) is 0 Å².